The summed E-state index contributed by atoms with van der Waals surface area (Å²) in [5.41, 5.74) is 1.56. The summed E-state index contributed by atoms with van der Waals surface area (Å²) in [6.45, 7) is 3.40. The van der Waals surface area contributed by atoms with Gasteiger partial charge >= 0.3 is 0 Å². The minimum Gasteiger partial charge on any atom is -0.497 e. The van der Waals surface area contributed by atoms with Crippen LogP contribution in [-0.4, -0.2) is 38.6 Å². The van der Waals surface area contributed by atoms with Crippen molar-refractivity contribution in [2.24, 2.45) is 0 Å². The summed E-state index contributed by atoms with van der Waals surface area (Å²) < 4.78 is 5.09. The van der Waals surface area contributed by atoms with Crippen molar-refractivity contribution in [2.45, 2.75) is 13.5 Å². The molecule has 0 saturated carbocycles. The van der Waals surface area contributed by atoms with Crippen LogP contribution < -0.4 is 20.3 Å². The van der Waals surface area contributed by atoms with Gasteiger partial charge in [-0.2, -0.15) is 0 Å². The Hall–Kier alpha value is -2.57. The number of anilines is 1. The van der Waals surface area contributed by atoms with Gasteiger partial charge in [-0.25, -0.2) is 0 Å². The number of carbonyl (C=O) groups excluding carboxylic acids is 2. The molecular weight excluding hydrogens is 366 g/mol. The number of hydrogen-bond donors (Lipinski definition) is 3. The largest absolute Gasteiger partial charge is 0.497 e. The van der Waals surface area contributed by atoms with Crippen molar-refractivity contribution in [3.8, 4) is 5.75 Å². The van der Waals surface area contributed by atoms with Crippen LogP contribution in [0, 0.1) is 0 Å². The molecule has 1 unspecified atom stereocenters. The van der Waals surface area contributed by atoms with Crippen molar-refractivity contribution >= 4 is 29.1 Å². The maximum atomic E-state index is 12.2. The number of carbonyl (C=O) groups is 2. The van der Waals surface area contributed by atoms with Gasteiger partial charge in [0.2, 0.25) is 0 Å². The quantitative estimate of drug-likeness (QED) is 0.607. The molecule has 0 heterocycles. The molecule has 0 radical (unpaired) electrons. The Balaban J connectivity index is 1.80. The second kappa shape index (κ2) is 10.5. The first kappa shape index (κ1) is 20.7. The number of rotatable bonds is 9. The van der Waals surface area contributed by atoms with Gasteiger partial charge in [0.25, 0.3) is 11.8 Å². The predicted molar refractivity (Wildman–Crippen MR) is 106 cm³/mol. The summed E-state index contributed by atoms with van der Waals surface area (Å²) in [7, 11) is 1.59. The highest BCUT2D eigenvalue weighted by molar-refractivity contribution is 6.31. The Morgan fingerprint density at radius 1 is 1.04 bits per heavy atom. The van der Waals surface area contributed by atoms with Gasteiger partial charge in [-0.05, 0) is 42.8 Å². The van der Waals surface area contributed by atoms with E-state index in [9.17, 15) is 9.59 Å². The zero-order chi connectivity index (χ0) is 19.6. The SMILES string of the molecule is CC[NH+](CC(=O)NCc1ccccc1Cl)CC(=O)Nc1ccc(OC)cc1. The molecule has 0 aliphatic rings. The molecule has 0 aliphatic heterocycles. The minimum absolute atomic E-state index is 0.121. The van der Waals surface area contributed by atoms with Crippen molar-refractivity contribution in [3.63, 3.8) is 0 Å². The highest BCUT2D eigenvalue weighted by Gasteiger charge is 2.17. The third-order valence-electron chi connectivity index (χ3n) is 4.13. The van der Waals surface area contributed by atoms with E-state index in [0.29, 0.717) is 23.8 Å². The molecule has 3 N–H and O–H groups in total. The van der Waals surface area contributed by atoms with Crippen LogP contribution in [0.5, 0.6) is 5.75 Å². The molecule has 2 amide bonds. The van der Waals surface area contributed by atoms with Gasteiger partial charge in [0.15, 0.2) is 13.1 Å². The van der Waals surface area contributed by atoms with Gasteiger partial charge in [-0.15, -0.1) is 0 Å². The van der Waals surface area contributed by atoms with E-state index in [1.807, 2.05) is 25.1 Å². The second-order valence-electron chi connectivity index (χ2n) is 6.10. The van der Waals surface area contributed by atoms with Gasteiger partial charge < -0.3 is 20.3 Å². The monoisotopic (exact) mass is 390 g/mol. The average molecular weight is 391 g/mol. The molecule has 6 nitrogen and oxygen atoms in total. The number of benzene rings is 2. The first-order valence-corrected chi connectivity index (χ1v) is 9.17. The Bertz CT molecular complexity index is 765. The Morgan fingerprint density at radius 3 is 2.33 bits per heavy atom. The number of quaternary nitrogens is 1. The molecule has 2 rings (SSSR count). The van der Waals surface area contributed by atoms with E-state index < -0.39 is 0 Å². The third kappa shape index (κ3) is 6.92. The van der Waals surface area contributed by atoms with Crippen molar-refractivity contribution in [1.29, 1.82) is 0 Å². The number of amides is 2. The van der Waals surface area contributed by atoms with E-state index in [1.54, 1.807) is 37.4 Å². The van der Waals surface area contributed by atoms with Crippen molar-refractivity contribution in [3.05, 3.63) is 59.1 Å². The van der Waals surface area contributed by atoms with Crippen molar-refractivity contribution in [2.75, 3.05) is 32.1 Å². The van der Waals surface area contributed by atoms with E-state index in [-0.39, 0.29) is 24.9 Å². The van der Waals surface area contributed by atoms with E-state index in [2.05, 4.69) is 10.6 Å². The van der Waals surface area contributed by atoms with Crippen LogP contribution in [0.25, 0.3) is 0 Å². The number of likely N-dealkylation sites (N-methyl/N-ethyl adjacent to an activating group) is 1. The third-order valence-corrected chi connectivity index (χ3v) is 4.50. The smallest absolute Gasteiger partial charge is 0.279 e. The van der Waals surface area contributed by atoms with E-state index in [4.69, 9.17) is 16.3 Å². The number of ether oxygens (including phenoxy) is 1. The molecule has 0 aromatic heterocycles. The van der Waals surface area contributed by atoms with Gasteiger partial charge in [-0.3, -0.25) is 9.59 Å². The number of methoxy groups -OCH3 is 1. The van der Waals surface area contributed by atoms with E-state index in [1.165, 1.54) is 0 Å². The van der Waals surface area contributed by atoms with Crippen LogP contribution >= 0.6 is 11.6 Å². The fourth-order valence-electron chi connectivity index (χ4n) is 2.54. The summed E-state index contributed by atoms with van der Waals surface area (Å²) >= 11 is 6.09. The topological polar surface area (TPSA) is 71.9 Å². The maximum Gasteiger partial charge on any atom is 0.279 e. The summed E-state index contributed by atoms with van der Waals surface area (Å²) in [5, 5.41) is 6.30. The lowest BCUT2D eigenvalue weighted by atomic mass is 10.2. The van der Waals surface area contributed by atoms with Crippen LogP contribution in [-0.2, 0) is 16.1 Å². The predicted octanol–water partition coefficient (Wildman–Crippen LogP) is 1.51. The number of hydrogen-bond acceptors (Lipinski definition) is 3. The lowest BCUT2D eigenvalue weighted by molar-refractivity contribution is -0.881. The van der Waals surface area contributed by atoms with Crippen LogP contribution in [0.3, 0.4) is 0 Å². The molecule has 27 heavy (non-hydrogen) atoms. The molecule has 0 spiro atoms. The van der Waals surface area contributed by atoms with Gasteiger partial charge in [0, 0.05) is 17.3 Å². The van der Waals surface area contributed by atoms with Gasteiger partial charge in [-0.1, -0.05) is 29.8 Å². The lowest BCUT2D eigenvalue weighted by Gasteiger charge is -2.17. The highest BCUT2D eigenvalue weighted by Crippen LogP contribution is 2.15. The maximum absolute atomic E-state index is 12.2. The minimum atomic E-state index is -0.143. The van der Waals surface area contributed by atoms with Crippen molar-refractivity contribution < 1.29 is 19.2 Å². The molecular formula is C20H25ClN3O3+. The number of nitrogens with one attached hydrogen (secondary N) is 3. The molecule has 0 bridgehead atoms. The fourth-order valence-corrected chi connectivity index (χ4v) is 2.75. The Labute approximate surface area is 164 Å². The fraction of sp³-hybridized carbons (Fsp3) is 0.300. The summed E-state index contributed by atoms with van der Waals surface area (Å²) in [6.07, 6.45) is 0. The van der Waals surface area contributed by atoms with Crippen LogP contribution in [0.4, 0.5) is 5.69 Å². The lowest BCUT2D eigenvalue weighted by Crippen LogP contribution is -3.13. The molecule has 2 aromatic carbocycles. The summed E-state index contributed by atoms with van der Waals surface area (Å²) in [5.74, 6) is 0.462. The number of halogens is 1. The Kier molecular flexibility index (Phi) is 8.10. The van der Waals surface area contributed by atoms with E-state index in [0.717, 1.165) is 16.2 Å². The van der Waals surface area contributed by atoms with Crippen LogP contribution in [0.1, 0.15) is 12.5 Å². The molecule has 0 fully saturated rings. The molecule has 7 heteroatoms. The molecule has 1 atom stereocenters. The average Bonchev–Trinajstić information content (AvgIpc) is 2.67. The van der Waals surface area contributed by atoms with Crippen molar-refractivity contribution in [1.82, 2.24) is 5.32 Å². The van der Waals surface area contributed by atoms with Gasteiger partial charge in [0.1, 0.15) is 5.75 Å². The Morgan fingerprint density at radius 2 is 1.70 bits per heavy atom. The highest BCUT2D eigenvalue weighted by atomic mass is 35.5. The second-order valence-corrected chi connectivity index (χ2v) is 6.51. The first-order valence-electron chi connectivity index (χ1n) is 8.79. The van der Waals surface area contributed by atoms with Crippen LogP contribution in [0.15, 0.2) is 48.5 Å². The normalized spacial score (nSPS) is 11.5. The van der Waals surface area contributed by atoms with Crippen LogP contribution in [0.2, 0.25) is 5.02 Å². The zero-order valence-electron chi connectivity index (χ0n) is 15.5. The summed E-state index contributed by atoms with van der Waals surface area (Å²) in [6, 6.07) is 14.5. The molecule has 0 aliphatic carbocycles. The standard InChI is InChI=1S/C20H24ClN3O3/c1-3-24(13-19(25)22-12-15-6-4-5-7-18(15)21)14-20(26)23-16-8-10-17(27-2)11-9-16/h4-11H,3,12-14H2,1-2H3,(H,22,25)(H,23,26)/p+1. The van der Waals surface area contributed by atoms with E-state index >= 15 is 0 Å². The molecule has 0 saturated heterocycles. The first-order chi connectivity index (χ1) is 13.0. The molecule has 144 valence electrons. The zero-order valence-corrected chi connectivity index (χ0v) is 16.3. The molecule has 2 aromatic rings. The summed E-state index contributed by atoms with van der Waals surface area (Å²) in [4.78, 5) is 25.3. The van der Waals surface area contributed by atoms with Gasteiger partial charge in [0.05, 0.1) is 13.7 Å².